The third kappa shape index (κ3) is 1.87. The number of para-hydroxylation sites is 1. The average Bonchev–Trinajstić information content (AvgIpc) is 2.95. The lowest BCUT2D eigenvalue weighted by molar-refractivity contribution is 0.463. The van der Waals surface area contributed by atoms with Gasteiger partial charge in [0.2, 0.25) is 5.88 Å². The highest BCUT2D eigenvalue weighted by molar-refractivity contribution is 5.64. The van der Waals surface area contributed by atoms with Gasteiger partial charge in [0.05, 0.1) is 11.9 Å². The molecule has 1 N–H and O–H groups in total. The molecule has 0 radical (unpaired) electrons. The number of benzene rings is 1. The molecule has 0 saturated carbocycles. The monoisotopic (exact) mass is 266 g/mol. The highest BCUT2D eigenvalue weighted by Crippen LogP contribution is 2.34. The molecule has 5 heteroatoms. The SMILES string of the molecule is c1cc2c(c(Oc3ccn4nccc4n3)c1)NCCC2. The number of nitrogens with zero attached hydrogens (tertiary/aromatic N) is 3. The highest BCUT2D eigenvalue weighted by atomic mass is 16.5. The molecule has 0 amide bonds. The largest absolute Gasteiger partial charge is 0.437 e. The fourth-order valence-corrected chi connectivity index (χ4v) is 2.53. The van der Waals surface area contributed by atoms with E-state index >= 15 is 0 Å². The Labute approximate surface area is 116 Å². The molecule has 0 bridgehead atoms. The minimum absolute atomic E-state index is 0.582. The lowest BCUT2D eigenvalue weighted by Gasteiger charge is -2.20. The molecule has 0 unspecified atom stereocenters. The smallest absolute Gasteiger partial charge is 0.222 e. The summed E-state index contributed by atoms with van der Waals surface area (Å²) in [5.74, 6) is 1.41. The molecular weight excluding hydrogens is 252 g/mol. The van der Waals surface area contributed by atoms with Gasteiger partial charge in [-0.25, -0.2) is 4.52 Å². The van der Waals surface area contributed by atoms with E-state index in [2.05, 4.69) is 21.5 Å². The lowest BCUT2D eigenvalue weighted by Crippen LogP contribution is -2.12. The van der Waals surface area contributed by atoms with Crippen molar-refractivity contribution in [2.45, 2.75) is 12.8 Å². The first-order valence-electron chi connectivity index (χ1n) is 6.74. The van der Waals surface area contributed by atoms with Gasteiger partial charge in [-0.15, -0.1) is 0 Å². The molecule has 0 aliphatic carbocycles. The molecule has 5 nitrogen and oxygen atoms in total. The zero-order valence-corrected chi connectivity index (χ0v) is 10.9. The van der Waals surface area contributed by atoms with Crippen LogP contribution in [0.15, 0.2) is 42.7 Å². The van der Waals surface area contributed by atoms with Gasteiger partial charge in [-0.3, -0.25) is 0 Å². The number of anilines is 1. The number of rotatable bonds is 2. The summed E-state index contributed by atoms with van der Waals surface area (Å²) in [6, 6.07) is 9.81. The Kier molecular flexibility index (Phi) is 2.55. The number of ether oxygens (including phenoxy) is 1. The zero-order chi connectivity index (χ0) is 13.4. The van der Waals surface area contributed by atoms with Crippen molar-refractivity contribution < 1.29 is 4.74 Å². The molecule has 20 heavy (non-hydrogen) atoms. The van der Waals surface area contributed by atoms with Crippen LogP contribution < -0.4 is 10.1 Å². The third-order valence-corrected chi connectivity index (χ3v) is 3.48. The van der Waals surface area contributed by atoms with Crippen LogP contribution in [0.25, 0.3) is 5.65 Å². The molecule has 0 spiro atoms. The van der Waals surface area contributed by atoms with E-state index in [4.69, 9.17) is 4.74 Å². The Morgan fingerprint density at radius 2 is 2.20 bits per heavy atom. The predicted octanol–water partition coefficient (Wildman–Crippen LogP) is 2.88. The molecule has 0 saturated heterocycles. The van der Waals surface area contributed by atoms with E-state index in [1.165, 1.54) is 5.56 Å². The molecule has 1 aliphatic heterocycles. The number of hydrogen-bond donors (Lipinski definition) is 1. The van der Waals surface area contributed by atoms with Crippen molar-refractivity contribution in [2.75, 3.05) is 11.9 Å². The molecule has 100 valence electrons. The molecule has 4 rings (SSSR count). The summed E-state index contributed by atoms with van der Waals surface area (Å²) in [6.45, 7) is 0.989. The van der Waals surface area contributed by atoms with Crippen LogP contribution in [0.4, 0.5) is 5.69 Å². The van der Waals surface area contributed by atoms with Gasteiger partial charge in [-0.1, -0.05) is 12.1 Å². The van der Waals surface area contributed by atoms with Gasteiger partial charge in [-0.05, 0) is 24.5 Å². The number of fused-ring (bicyclic) bond motifs is 2. The summed E-state index contributed by atoms with van der Waals surface area (Å²) in [6.07, 6.45) is 5.82. The first-order chi connectivity index (χ1) is 9.90. The van der Waals surface area contributed by atoms with Gasteiger partial charge < -0.3 is 10.1 Å². The second-order valence-corrected chi connectivity index (χ2v) is 4.82. The van der Waals surface area contributed by atoms with Crippen molar-refractivity contribution in [1.82, 2.24) is 14.6 Å². The predicted molar refractivity (Wildman–Crippen MR) is 76.3 cm³/mol. The van der Waals surface area contributed by atoms with Crippen LogP contribution >= 0.6 is 0 Å². The van der Waals surface area contributed by atoms with Crippen molar-refractivity contribution in [1.29, 1.82) is 0 Å². The molecule has 1 aromatic carbocycles. The van der Waals surface area contributed by atoms with Crippen molar-refractivity contribution in [2.24, 2.45) is 0 Å². The van der Waals surface area contributed by atoms with E-state index in [1.807, 2.05) is 30.5 Å². The highest BCUT2D eigenvalue weighted by Gasteiger charge is 2.14. The topological polar surface area (TPSA) is 51.5 Å². The van der Waals surface area contributed by atoms with Crippen LogP contribution in [0.3, 0.4) is 0 Å². The average molecular weight is 266 g/mol. The Hall–Kier alpha value is -2.56. The summed E-state index contributed by atoms with van der Waals surface area (Å²) < 4.78 is 7.65. The number of hydrogen-bond acceptors (Lipinski definition) is 4. The van der Waals surface area contributed by atoms with Crippen LogP contribution in [0.1, 0.15) is 12.0 Å². The fraction of sp³-hybridized carbons (Fsp3) is 0.200. The first kappa shape index (κ1) is 11.3. The van der Waals surface area contributed by atoms with Crippen molar-refractivity contribution in [3.8, 4) is 11.6 Å². The summed E-state index contributed by atoms with van der Waals surface area (Å²) in [4.78, 5) is 4.43. The molecular formula is C15H14N4O. The molecule has 3 aromatic rings. The van der Waals surface area contributed by atoms with Gasteiger partial charge in [0.25, 0.3) is 0 Å². The minimum atomic E-state index is 0.582. The van der Waals surface area contributed by atoms with Crippen LogP contribution in [0, 0.1) is 0 Å². The maximum atomic E-state index is 5.94. The second kappa shape index (κ2) is 4.52. The van der Waals surface area contributed by atoms with E-state index in [0.29, 0.717) is 5.88 Å². The summed E-state index contributed by atoms with van der Waals surface area (Å²) in [5.41, 5.74) is 3.17. The quantitative estimate of drug-likeness (QED) is 0.775. The van der Waals surface area contributed by atoms with Gasteiger partial charge in [0, 0.05) is 24.9 Å². The van der Waals surface area contributed by atoms with E-state index in [-0.39, 0.29) is 0 Å². The summed E-state index contributed by atoms with van der Waals surface area (Å²) in [7, 11) is 0. The standard InChI is InChI=1S/C15H14N4O/c1-3-11-4-2-8-16-15(11)12(5-1)20-14-7-10-19-13(18-14)6-9-17-19/h1,3,5-7,9-10,16H,2,4,8H2. The second-order valence-electron chi connectivity index (χ2n) is 4.82. The van der Waals surface area contributed by atoms with Gasteiger partial charge in [0.15, 0.2) is 11.4 Å². The van der Waals surface area contributed by atoms with Gasteiger partial charge in [-0.2, -0.15) is 10.1 Å². The van der Waals surface area contributed by atoms with Crippen LogP contribution in [0.2, 0.25) is 0 Å². The Balaban J connectivity index is 1.71. The normalized spacial score (nSPS) is 13.8. The Morgan fingerprint density at radius 3 is 3.20 bits per heavy atom. The van der Waals surface area contributed by atoms with Crippen molar-refractivity contribution in [3.63, 3.8) is 0 Å². The maximum Gasteiger partial charge on any atom is 0.222 e. The molecule has 0 atom stereocenters. The summed E-state index contributed by atoms with van der Waals surface area (Å²) in [5, 5.41) is 7.54. The van der Waals surface area contributed by atoms with Crippen LogP contribution in [-0.4, -0.2) is 21.1 Å². The lowest BCUT2D eigenvalue weighted by atomic mass is 10.0. The van der Waals surface area contributed by atoms with E-state index in [0.717, 1.165) is 36.5 Å². The van der Waals surface area contributed by atoms with Crippen molar-refractivity contribution >= 4 is 11.3 Å². The molecule has 2 aromatic heterocycles. The van der Waals surface area contributed by atoms with E-state index in [9.17, 15) is 0 Å². The van der Waals surface area contributed by atoms with Gasteiger partial charge >= 0.3 is 0 Å². The van der Waals surface area contributed by atoms with Crippen LogP contribution in [0.5, 0.6) is 11.6 Å². The Morgan fingerprint density at radius 1 is 1.20 bits per heavy atom. The van der Waals surface area contributed by atoms with E-state index < -0.39 is 0 Å². The number of aromatic nitrogens is 3. The number of nitrogens with one attached hydrogen (secondary N) is 1. The fourth-order valence-electron chi connectivity index (χ4n) is 2.53. The first-order valence-corrected chi connectivity index (χ1v) is 6.74. The Bertz CT molecular complexity index is 765. The third-order valence-electron chi connectivity index (χ3n) is 3.48. The minimum Gasteiger partial charge on any atom is -0.437 e. The molecule has 3 heterocycles. The number of aryl methyl sites for hydroxylation is 1. The van der Waals surface area contributed by atoms with Crippen LogP contribution in [-0.2, 0) is 6.42 Å². The maximum absolute atomic E-state index is 5.94. The van der Waals surface area contributed by atoms with Gasteiger partial charge in [0.1, 0.15) is 0 Å². The molecule has 1 aliphatic rings. The van der Waals surface area contributed by atoms with Crippen molar-refractivity contribution in [3.05, 3.63) is 48.3 Å². The summed E-state index contributed by atoms with van der Waals surface area (Å²) >= 11 is 0. The zero-order valence-electron chi connectivity index (χ0n) is 10.9. The van der Waals surface area contributed by atoms with E-state index in [1.54, 1.807) is 10.7 Å². The molecule has 0 fully saturated rings.